The third-order valence-electron chi connectivity index (χ3n) is 7.99. The van der Waals surface area contributed by atoms with E-state index in [1.165, 1.54) is 0 Å². The normalized spacial score (nSPS) is 38.7. The van der Waals surface area contributed by atoms with Gasteiger partial charge in [0.15, 0.2) is 5.60 Å². The summed E-state index contributed by atoms with van der Waals surface area (Å²) in [6.07, 6.45) is 3.60. The lowest BCUT2D eigenvalue weighted by Gasteiger charge is -2.47. The summed E-state index contributed by atoms with van der Waals surface area (Å²) in [4.78, 5) is 12.9. The average molecular weight is 430 g/mol. The molecule has 1 saturated heterocycles. The fourth-order valence-corrected chi connectivity index (χ4v) is 9.43. The van der Waals surface area contributed by atoms with Gasteiger partial charge in [-0.3, -0.25) is 0 Å². The Labute approximate surface area is 176 Å². The molecule has 1 spiro atoms. The van der Waals surface area contributed by atoms with E-state index in [0.29, 0.717) is 19.3 Å². The quantitative estimate of drug-likeness (QED) is 0.570. The molecule has 4 atom stereocenters. The summed E-state index contributed by atoms with van der Waals surface area (Å²) in [6, 6.07) is -0.266. The number of hydrogen-bond donors (Lipinski definition) is 0. The average Bonchev–Trinajstić information content (AvgIpc) is 2.98. The van der Waals surface area contributed by atoms with Gasteiger partial charge in [-0.15, -0.1) is 0 Å². The van der Waals surface area contributed by atoms with Crippen LogP contribution in [0.2, 0.25) is 0 Å². The van der Waals surface area contributed by atoms with Crippen LogP contribution in [0.5, 0.6) is 0 Å². The highest BCUT2D eigenvalue weighted by atomic mass is 32.2. The van der Waals surface area contributed by atoms with Crippen LogP contribution in [0, 0.1) is 16.7 Å². The summed E-state index contributed by atoms with van der Waals surface area (Å²) < 4.78 is 41.5. The molecule has 0 N–H and O–H groups in total. The van der Waals surface area contributed by atoms with Gasteiger partial charge in [-0.05, 0) is 65.2 Å². The van der Waals surface area contributed by atoms with Crippen molar-refractivity contribution < 1.29 is 22.7 Å². The van der Waals surface area contributed by atoms with E-state index in [9.17, 15) is 13.2 Å². The second kappa shape index (κ2) is 6.92. The molecule has 1 aliphatic heterocycles. The Morgan fingerprint density at radius 1 is 1.14 bits per heavy atom. The molecular formula is C22H39NO5S. The molecular weight excluding hydrogens is 390 g/mol. The molecule has 0 aromatic carbocycles. The van der Waals surface area contributed by atoms with E-state index in [1.807, 2.05) is 34.6 Å². The molecule has 0 aromatic heterocycles. The lowest BCUT2D eigenvalue weighted by atomic mass is 9.68. The standard InChI is InChI=1S/C22H39NO5S/c1-9-11-20(8)18(24)27-22(28-20)13-17-10-12-21(22,19(17,6)7)14-29(25,26)23(15(2)3)16(4)5/h15-17H,9-14H2,1-8H3/t17-,20-,21+,22-/m1/s1. The highest BCUT2D eigenvalue weighted by molar-refractivity contribution is 7.89. The van der Waals surface area contributed by atoms with Gasteiger partial charge >= 0.3 is 5.97 Å². The Hall–Kier alpha value is -0.660. The molecule has 7 heteroatoms. The van der Waals surface area contributed by atoms with E-state index < -0.39 is 26.8 Å². The zero-order valence-corrected chi connectivity index (χ0v) is 20.2. The van der Waals surface area contributed by atoms with E-state index >= 15 is 0 Å². The fraction of sp³-hybridized carbons (Fsp3) is 0.955. The molecule has 2 saturated carbocycles. The zero-order chi connectivity index (χ0) is 22.0. The molecule has 0 amide bonds. The third kappa shape index (κ3) is 3.09. The Morgan fingerprint density at radius 3 is 2.21 bits per heavy atom. The highest BCUT2D eigenvalue weighted by Crippen LogP contribution is 2.73. The zero-order valence-electron chi connectivity index (χ0n) is 19.4. The van der Waals surface area contributed by atoms with E-state index in [-0.39, 0.29) is 35.1 Å². The van der Waals surface area contributed by atoms with Gasteiger partial charge in [0.1, 0.15) is 0 Å². The first kappa shape index (κ1) is 23.0. The molecule has 2 aliphatic carbocycles. The van der Waals surface area contributed by atoms with Crippen LogP contribution in [0.15, 0.2) is 0 Å². The fourth-order valence-electron chi connectivity index (χ4n) is 6.64. The second-order valence-corrected chi connectivity index (χ2v) is 12.6. The summed E-state index contributed by atoms with van der Waals surface area (Å²) in [7, 11) is -3.59. The summed E-state index contributed by atoms with van der Waals surface area (Å²) in [5, 5.41) is 0. The van der Waals surface area contributed by atoms with Crippen LogP contribution in [-0.2, 0) is 24.3 Å². The first-order chi connectivity index (χ1) is 13.2. The van der Waals surface area contributed by atoms with Crippen LogP contribution >= 0.6 is 0 Å². The lowest BCUT2D eigenvalue weighted by Crippen LogP contribution is -2.57. The molecule has 168 valence electrons. The number of carbonyl (C=O) groups is 1. The number of nitrogens with zero attached hydrogens (tertiary/aromatic N) is 1. The Kier molecular flexibility index (Phi) is 5.49. The van der Waals surface area contributed by atoms with Crippen molar-refractivity contribution in [2.75, 3.05) is 5.75 Å². The van der Waals surface area contributed by atoms with Crippen molar-refractivity contribution in [2.45, 2.75) is 111 Å². The van der Waals surface area contributed by atoms with Crippen molar-refractivity contribution in [1.29, 1.82) is 0 Å². The van der Waals surface area contributed by atoms with Crippen LogP contribution in [-0.4, -0.2) is 47.9 Å². The van der Waals surface area contributed by atoms with Gasteiger partial charge in [0.05, 0.1) is 11.2 Å². The number of hydrogen-bond acceptors (Lipinski definition) is 5. The van der Waals surface area contributed by atoms with E-state index in [0.717, 1.165) is 12.8 Å². The third-order valence-corrected chi connectivity index (χ3v) is 10.3. The number of rotatable bonds is 7. The molecule has 1 heterocycles. The predicted octanol–water partition coefficient (Wildman–Crippen LogP) is 4.09. The second-order valence-electron chi connectivity index (χ2n) is 10.7. The topological polar surface area (TPSA) is 72.9 Å². The molecule has 0 unspecified atom stereocenters. The van der Waals surface area contributed by atoms with Crippen molar-refractivity contribution in [1.82, 2.24) is 4.31 Å². The predicted molar refractivity (Wildman–Crippen MR) is 113 cm³/mol. The minimum atomic E-state index is -3.59. The number of ether oxygens (including phenoxy) is 2. The van der Waals surface area contributed by atoms with Crippen molar-refractivity contribution in [3.8, 4) is 0 Å². The number of sulfonamides is 1. The van der Waals surface area contributed by atoms with Gasteiger partial charge in [-0.2, -0.15) is 4.31 Å². The van der Waals surface area contributed by atoms with Gasteiger partial charge in [0, 0.05) is 18.5 Å². The van der Waals surface area contributed by atoms with Crippen molar-refractivity contribution >= 4 is 16.0 Å². The maximum absolute atomic E-state index is 13.7. The first-order valence-electron chi connectivity index (χ1n) is 11.1. The van der Waals surface area contributed by atoms with Crippen molar-refractivity contribution in [3.63, 3.8) is 0 Å². The highest BCUT2D eigenvalue weighted by Gasteiger charge is 2.79. The minimum Gasteiger partial charge on any atom is -0.430 e. The number of fused-ring (bicyclic) bond motifs is 3. The van der Waals surface area contributed by atoms with Crippen LogP contribution in [0.4, 0.5) is 0 Å². The van der Waals surface area contributed by atoms with Gasteiger partial charge in [0.25, 0.3) is 0 Å². The molecule has 0 radical (unpaired) electrons. The number of carbonyl (C=O) groups excluding carboxylic acids is 1. The Morgan fingerprint density at radius 2 is 1.72 bits per heavy atom. The monoisotopic (exact) mass is 429 g/mol. The lowest BCUT2D eigenvalue weighted by molar-refractivity contribution is -0.254. The first-order valence-corrected chi connectivity index (χ1v) is 12.7. The largest absolute Gasteiger partial charge is 0.430 e. The summed E-state index contributed by atoms with van der Waals surface area (Å²) in [6.45, 7) is 15.7. The molecule has 6 nitrogen and oxygen atoms in total. The summed E-state index contributed by atoms with van der Waals surface area (Å²) >= 11 is 0. The van der Waals surface area contributed by atoms with Crippen LogP contribution in [0.25, 0.3) is 0 Å². The van der Waals surface area contributed by atoms with E-state index in [1.54, 1.807) is 11.2 Å². The van der Waals surface area contributed by atoms with E-state index in [2.05, 4.69) is 13.8 Å². The maximum atomic E-state index is 13.7. The van der Waals surface area contributed by atoms with Gasteiger partial charge in [0.2, 0.25) is 15.8 Å². The van der Waals surface area contributed by atoms with Gasteiger partial charge < -0.3 is 9.47 Å². The Balaban J connectivity index is 2.07. The molecule has 3 aliphatic rings. The summed E-state index contributed by atoms with van der Waals surface area (Å²) in [5.41, 5.74) is -2.04. The molecule has 2 bridgehead atoms. The summed E-state index contributed by atoms with van der Waals surface area (Å²) in [5.74, 6) is -1.26. The van der Waals surface area contributed by atoms with Crippen LogP contribution in [0.1, 0.15) is 87.5 Å². The SMILES string of the molecule is CCC[C@@]1(C)O[C@@]2(C[C@H]3CC[C@]2(CS(=O)(=O)N(C(C)C)C(C)C)C3(C)C)OC1=O. The molecule has 29 heavy (non-hydrogen) atoms. The van der Waals surface area contributed by atoms with Crippen molar-refractivity contribution in [2.24, 2.45) is 16.7 Å². The van der Waals surface area contributed by atoms with Gasteiger partial charge in [-0.25, -0.2) is 13.2 Å². The Bertz CT molecular complexity index is 768. The molecule has 3 fully saturated rings. The minimum absolute atomic E-state index is 0.0463. The van der Waals surface area contributed by atoms with Crippen molar-refractivity contribution in [3.05, 3.63) is 0 Å². The molecule has 3 rings (SSSR count). The smallest absolute Gasteiger partial charge is 0.340 e. The van der Waals surface area contributed by atoms with Crippen LogP contribution in [0.3, 0.4) is 0 Å². The maximum Gasteiger partial charge on any atom is 0.340 e. The number of esters is 1. The van der Waals surface area contributed by atoms with E-state index in [4.69, 9.17) is 9.47 Å². The van der Waals surface area contributed by atoms with Crippen LogP contribution < -0.4 is 0 Å². The molecule has 0 aromatic rings. The van der Waals surface area contributed by atoms with Gasteiger partial charge in [-0.1, -0.05) is 27.2 Å².